The van der Waals surface area contributed by atoms with E-state index in [1.54, 1.807) is 0 Å². The maximum absolute atomic E-state index is 4.88. The second-order valence-corrected chi connectivity index (χ2v) is 6.20. The highest BCUT2D eigenvalue weighted by atomic mass is 15.2. The molecule has 0 aromatic carbocycles. The molecule has 2 aromatic heterocycles. The van der Waals surface area contributed by atoms with E-state index in [0.717, 1.165) is 43.4 Å². The van der Waals surface area contributed by atoms with Crippen LogP contribution in [0, 0.1) is 5.92 Å². The Morgan fingerprint density at radius 3 is 2.90 bits per heavy atom. The first-order valence-corrected chi connectivity index (χ1v) is 7.87. The van der Waals surface area contributed by atoms with Crippen molar-refractivity contribution in [2.45, 2.75) is 32.6 Å². The average molecular weight is 280 g/mol. The SMILES string of the molecule is C[C@H]1CCN(c2nc(-c3ccccn3)nc3c2CCC3)C1. The van der Waals surface area contributed by atoms with Crippen LogP contribution in [0.5, 0.6) is 0 Å². The number of fused-ring (bicyclic) bond motifs is 1. The lowest BCUT2D eigenvalue weighted by atomic mass is 10.2. The number of pyridine rings is 1. The molecule has 0 amide bonds. The molecule has 4 heteroatoms. The summed E-state index contributed by atoms with van der Waals surface area (Å²) in [6.07, 6.45) is 6.47. The maximum atomic E-state index is 4.88. The highest BCUT2D eigenvalue weighted by Crippen LogP contribution is 2.33. The highest BCUT2D eigenvalue weighted by molar-refractivity contribution is 5.59. The van der Waals surface area contributed by atoms with E-state index in [-0.39, 0.29) is 0 Å². The van der Waals surface area contributed by atoms with Gasteiger partial charge in [0, 0.05) is 30.5 Å². The van der Waals surface area contributed by atoms with E-state index in [4.69, 9.17) is 9.97 Å². The Hall–Kier alpha value is -1.97. The number of hydrogen-bond acceptors (Lipinski definition) is 4. The molecule has 108 valence electrons. The Bertz CT molecular complexity index is 653. The molecule has 1 fully saturated rings. The van der Waals surface area contributed by atoms with Crippen molar-refractivity contribution in [3.05, 3.63) is 35.7 Å². The van der Waals surface area contributed by atoms with Crippen molar-refractivity contribution in [3.8, 4) is 11.5 Å². The van der Waals surface area contributed by atoms with Gasteiger partial charge in [-0.1, -0.05) is 13.0 Å². The van der Waals surface area contributed by atoms with Crippen LogP contribution < -0.4 is 4.90 Å². The van der Waals surface area contributed by atoms with Gasteiger partial charge in [0.15, 0.2) is 5.82 Å². The Labute approximate surface area is 125 Å². The molecule has 1 aliphatic heterocycles. The number of aryl methyl sites for hydroxylation is 1. The van der Waals surface area contributed by atoms with Crippen molar-refractivity contribution in [3.63, 3.8) is 0 Å². The molecule has 1 atom stereocenters. The largest absolute Gasteiger partial charge is 0.356 e. The lowest BCUT2D eigenvalue weighted by Crippen LogP contribution is -2.22. The minimum Gasteiger partial charge on any atom is -0.356 e. The predicted octanol–water partition coefficient (Wildman–Crippen LogP) is 2.87. The minimum absolute atomic E-state index is 0.760. The third-order valence-electron chi connectivity index (χ3n) is 4.53. The van der Waals surface area contributed by atoms with Gasteiger partial charge in [-0.3, -0.25) is 4.98 Å². The van der Waals surface area contributed by atoms with Crippen molar-refractivity contribution in [2.75, 3.05) is 18.0 Å². The standard InChI is InChI=1S/C17H20N4/c1-12-8-10-21(11-12)17-13-5-4-7-14(13)19-16(20-17)15-6-2-3-9-18-15/h2-3,6,9,12H,4-5,7-8,10-11H2,1H3/t12-/m0/s1. The number of aromatic nitrogens is 3. The van der Waals surface area contributed by atoms with Crippen molar-refractivity contribution >= 4 is 5.82 Å². The van der Waals surface area contributed by atoms with Crippen molar-refractivity contribution in [1.82, 2.24) is 15.0 Å². The maximum Gasteiger partial charge on any atom is 0.180 e. The molecule has 0 bridgehead atoms. The predicted molar refractivity (Wildman–Crippen MR) is 83.3 cm³/mol. The molecule has 4 nitrogen and oxygen atoms in total. The van der Waals surface area contributed by atoms with E-state index in [1.165, 1.54) is 29.9 Å². The fourth-order valence-electron chi connectivity index (χ4n) is 3.41. The fourth-order valence-corrected chi connectivity index (χ4v) is 3.41. The number of hydrogen-bond donors (Lipinski definition) is 0. The molecule has 0 spiro atoms. The molecular formula is C17H20N4. The Morgan fingerprint density at radius 1 is 1.19 bits per heavy atom. The van der Waals surface area contributed by atoms with Gasteiger partial charge in [0.2, 0.25) is 0 Å². The number of anilines is 1. The first-order valence-electron chi connectivity index (χ1n) is 7.87. The molecule has 21 heavy (non-hydrogen) atoms. The molecular weight excluding hydrogens is 260 g/mol. The van der Waals surface area contributed by atoms with Gasteiger partial charge in [-0.05, 0) is 43.7 Å². The van der Waals surface area contributed by atoms with Gasteiger partial charge >= 0.3 is 0 Å². The van der Waals surface area contributed by atoms with E-state index in [1.807, 2.05) is 24.4 Å². The van der Waals surface area contributed by atoms with E-state index in [0.29, 0.717) is 0 Å². The first kappa shape index (κ1) is 12.7. The topological polar surface area (TPSA) is 41.9 Å². The van der Waals surface area contributed by atoms with E-state index in [9.17, 15) is 0 Å². The smallest absolute Gasteiger partial charge is 0.180 e. The molecule has 3 heterocycles. The van der Waals surface area contributed by atoms with Crippen LogP contribution >= 0.6 is 0 Å². The highest BCUT2D eigenvalue weighted by Gasteiger charge is 2.27. The minimum atomic E-state index is 0.760. The van der Waals surface area contributed by atoms with Crippen molar-refractivity contribution in [1.29, 1.82) is 0 Å². The summed E-state index contributed by atoms with van der Waals surface area (Å²) in [6, 6.07) is 5.92. The molecule has 2 aliphatic rings. The van der Waals surface area contributed by atoms with Crippen LogP contribution in [0.4, 0.5) is 5.82 Å². The summed E-state index contributed by atoms with van der Waals surface area (Å²) in [5.74, 6) is 2.71. The fraction of sp³-hybridized carbons (Fsp3) is 0.471. The van der Waals surface area contributed by atoms with Crippen LogP contribution in [-0.4, -0.2) is 28.0 Å². The van der Waals surface area contributed by atoms with Gasteiger partial charge in [-0.2, -0.15) is 0 Å². The molecule has 1 saturated heterocycles. The number of nitrogens with zero attached hydrogens (tertiary/aromatic N) is 4. The Balaban J connectivity index is 1.80. The normalized spacial score (nSPS) is 20.8. The van der Waals surface area contributed by atoms with E-state index in [2.05, 4.69) is 16.8 Å². The molecule has 1 aliphatic carbocycles. The van der Waals surface area contributed by atoms with Crippen LogP contribution in [0.25, 0.3) is 11.5 Å². The zero-order valence-electron chi connectivity index (χ0n) is 12.4. The summed E-state index contributed by atoms with van der Waals surface area (Å²) in [5.41, 5.74) is 3.49. The molecule has 0 N–H and O–H groups in total. The van der Waals surface area contributed by atoms with Crippen LogP contribution in [0.3, 0.4) is 0 Å². The summed E-state index contributed by atoms with van der Waals surface area (Å²) >= 11 is 0. The van der Waals surface area contributed by atoms with Gasteiger partial charge in [0.1, 0.15) is 11.5 Å². The Morgan fingerprint density at radius 2 is 2.14 bits per heavy atom. The van der Waals surface area contributed by atoms with Crippen molar-refractivity contribution < 1.29 is 0 Å². The number of rotatable bonds is 2. The van der Waals surface area contributed by atoms with E-state index < -0.39 is 0 Å². The van der Waals surface area contributed by atoms with Crippen LogP contribution in [-0.2, 0) is 12.8 Å². The van der Waals surface area contributed by atoms with Gasteiger partial charge < -0.3 is 4.90 Å². The van der Waals surface area contributed by atoms with Gasteiger partial charge in [0.25, 0.3) is 0 Å². The van der Waals surface area contributed by atoms with Gasteiger partial charge in [-0.15, -0.1) is 0 Å². The zero-order valence-corrected chi connectivity index (χ0v) is 12.4. The van der Waals surface area contributed by atoms with Crippen LogP contribution in [0.15, 0.2) is 24.4 Å². The quantitative estimate of drug-likeness (QED) is 0.848. The summed E-state index contributed by atoms with van der Waals surface area (Å²) in [4.78, 5) is 16.5. The third-order valence-corrected chi connectivity index (χ3v) is 4.53. The second kappa shape index (κ2) is 5.10. The molecule has 0 unspecified atom stereocenters. The van der Waals surface area contributed by atoms with Gasteiger partial charge in [-0.25, -0.2) is 9.97 Å². The van der Waals surface area contributed by atoms with Gasteiger partial charge in [0.05, 0.1) is 0 Å². The van der Waals surface area contributed by atoms with Crippen LogP contribution in [0.1, 0.15) is 31.0 Å². The molecule has 2 aromatic rings. The molecule has 0 radical (unpaired) electrons. The summed E-state index contributed by atoms with van der Waals surface area (Å²) in [5, 5.41) is 0. The zero-order chi connectivity index (χ0) is 14.2. The average Bonchev–Trinajstić information content (AvgIpc) is 3.15. The summed E-state index contributed by atoms with van der Waals surface area (Å²) in [6.45, 7) is 4.55. The Kier molecular flexibility index (Phi) is 3.09. The third kappa shape index (κ3) is 2.28. The van der Waals surface area contributed by atoms with Crippen LogP contribution in [0.2, 0.25) is 0 Å². The van der Waals surface area contributed by atoms with Crippen molar-refractivity contribution in [2.24, 2.45) is 5.92 Å². The first-order chi connectivity index (χ1) is 10.3. The lowest BCUT2D eigenvalue weighted by molar-refractivity contribution is 0.658. The molecule has 0 saturated carbocycles. The lowest BCUT2D eigenvalue weighted by Gasteiger charge is -2.21. The van der Waals surface area contributed by atoms with E-state index >= 15 is 0 Å². The second-order valence-electron chi connectivity index (χ2n) is 6.20. The summed E-state index contributed by atoms with van der Waals surface area (Å²) < 4.78 is 0. The molecule has 4 rings (SSSR count). The summed E-state index contributed by atoms with van der Waals surface area (Å²) in [7, 11) is 0. The monoisotopic (exact) mass is 280 g/mol.